The zero-order chi connectivity index (χ0) is 15.6. The first kappa shape index (κ1) is 16.2. The second-order valence-corrected chi connectivity index (χ2v) is 7.45. The van der Waals surface area contributed by atoms with Crippen LogP contribution < -0.4 is 0 Å². The topological polar surface area (TPSA) is 98.2 Å². The van der Waals surface area contributed by atoms with Crippen LogP contribution in [0.25, 0.3) is 0 Å². The summed E-state index contributed by atoms with van der Waals surface area (Å²) in [6.07, 6.45) is 1.24. The molecule has 0 atom stereocenters. The van der Waals surface area contributed by atoms with E-state index >= 15 is 0 Å². The van der Waals surface area contributed by atoms with Crippen LogP contribution >= 0.6 is 0 Å². The summed E-state index contributed by atoms with van der Waals surface area (Å²) in [6.45, 7) is 1.11. The Hall–Kier alpha value is -1.19. The third kappa shape index (κ3) is 3.53. The van der Waals surface area contributed by atoms with Gasteiger partial charge in [-0.3, -0.25) is 9.59 Å². The summed E-state index contributed by atoms with van der Waals surface area (Å²) >= 11 is 0. The third-order valence-corrected chi connectivity index (χ3v) is 6.08. The van der Waals surface area contributed by atoms with E-state index < -0.39 is 22.1 Å². The number of carboxylic acids is 1. The summed E-state index contributed by atoms with van der Waals surface area (Å²) in [5, 5.41) is 8.95. The Morgan fingerprint density at radius 1 is 1.14 bits per heavy atom. The van der Waals surface area contributed by atoms with Gasteiger partial charge in [-0.15, -0.1) is 0 Å². The molecule has 0 saturated carbocycles. The van der Waals surface area contributed by atoms with Gasteiger partial charge in [-0.1, -0.05) is 0 Å². The van der Waals surface area contributed by atoms with Gasteiger partial charge in [-0.25, -0.2) is 0 Å². The standard InChI is InChI=1S/C12H21N3O5S/c1-13-5-2-6-15(9-11(13)16)21(19,20)14-7-3-10(4-8-14)12(17)18/h10H,2-9H2,1H3,(H,17,18). The van der Waals surface area contributed by atoms with Crippen molar-refractivity contribution in [3.8, 4) is 0 Å². The molecule has 1 amide bonds. The van der Waals surface area contributed by atoms with Gasteiger partial charge in [0, 0.05) is 33.2 Å². The van der Waals surface area contributed by atoms with Crippen molar-refractivity contribution in [3.63, 3.8) is 0 Å². The molecule has 2 rings (SSSR count). The van der Waals surface area contributed by atoms with Gasteiger partial charge in [0.25, 0.3) is 10.2 Å². The van der Waals surface area contributed by atoms with Gasteiger partial charge < -0.3 is 10.0 Å². The van der Waals surface area contributed by atoms with E-state index in [0.29, 0.717) is 32.4 Å². The molecule has 2 saturated heterocycles. The summed E-state index contributed by atoms with van der Waals surface area (Å²) in [7, 11) is -2.02. The van der Waals surface area contributed by atoms with Gasteiger partial charge in [0.15, 0.2) is 0 Å². The van der Waals surface area contributed by atoms with Crippen molar-refractivity contribution >= 4 is 22.1 Å². The van der Waals surface area contributed by atoms with Gasteiger partial charge in [0.2, 0.25) is 5.91 Å². The van der Waals surface area contributed by atoms with Gasteiger partial charge >= 0.3 is 5.97 Å². The minimum Gasteiger partial charge on any atom is -0.481 e. The molecule has 0 aliphatic carbocycles. The van der Waals surface area contributed by atoms with Gasteiger partial charge in [-0.05, 0) is 19.3 Å². The average Bonchev–Trinajstić information content (AvgIpc) is 2.61. The van der Waals surface area contributed by atoms with Crippen LogP contribution in [0.3, 0.4) is 0 Å². The predicted octanol–water partition coefficient (Wildman–Crippen LogP) is -0.808. The number of carboxylic acid groups (broad SMARTS) is 1. The summed E-state index contributed by atoms with van der Waals surface area (Å²) in [4.78, 5) is 24.3. The predicted molar refractivity (Wildman–Crippen MR) is 74.7 cm³/mol. The molecule has 9 heteroatoms. The maximum Gasteiger partial charge on any atom is 0.306 e. The van der Waals surface area contributed by atoms with Gasteiger partial charge in [0.1, 0.15) is 0 Å². The van der Waals surface area contributed by atoms with Gasteiger partial charge in [-0.2, -0.15) is 17.0 Å². The summed E-state index contributed by atoms with van der Waals surface area (Å²) in [5.74, 6) is -1.57. The molecule has 120 valence electrons. The second-order valence-electron chi connectivity index (χ2n) is 5.52. The molecule has 0 spiro atoms. The van der Waals surface area contributed by atoms with Crippen molar-refractivity contribution in [2.45, 2.75) is 19.3 Å². The van der Waals surface area contributed by atoms with Crippen LogP contribution in [0.15, 0.2) is 0 Å². The SMILES string of the molecule is CN1CCCN(S(=O)(=O)N2CCC(C(=O)O)CC2)CC1=O. The highest BCUT2D eigenvalue weighted by atomic mass is 32.2. The van der Waals surface area contributed by atoms with Crippen molar-refractivity contribution in [2.75, 3.05) is 39.8 Å². The molecule has 0 bridgehead atoms. The lowest BCUT2D eigenvalue weighted by Gasteiger charge is -2.33. The van der Waals surface area contributed by atoms with E-state index in [9.17, 15) is 18.0 Å². The highest BCUT2D eigenvalue weighted by molar-refractivity contribution is 7.86. The molecule has 0 aromatic heterocycles. The van der Waals surface area contributed by atoms with Crippen molar-refractivity contribution in [1.29, 1.82) is 0 Å². The number of rotatable bonds is 3. The van der Waals surface area contributed by atoms with Crippen molar-refractivity contribution in [2.24, 2.45) is 5.92 Å². The van der Waals surface area contributed by atoms with E-state index in [-0.39, 0.29) is 25.5 Å². The van der Waals surface area contributed by atoms with Crippen LogP contribution in [0.2, 0.25) is 0 Å². The Morgan fingerprint density at radius 3 is 2.33 bits per heavy atom. The first-order valence-corrected chi connectivity index (χ1v) is 8.44. The number of piperidine rings is 1. The molecule has 2 heterocycles. The van der Waals surface area contributed by atoms with E-state index in [0.717, 1.165) is 0 Å². The summed E-state index contributed by atoms with van der Waals surface area (Å²) in [6, 6.07) is 0. The minimum atomic E-state index is -3.69. The van der Waals surface area contributed by atoms with Crippen LogP contribution in [0.5, 0.6) is 0 Å². The second kappa shape index (κ2) is 6.29. The molecule has 0 radical (unpaired) electrons. The molecule has 1 N–H and O–H groups in total. The molecular weight excluding hydrogens is 298 g/mol. The Balaban J connectivity index is 2.05. The van der Waals surface area contributed by atoms with Crippen LogP contribution in [0, 0.1) is 5.92 Å². The van der Waals surface area contributed by atoms with E-state index in [4.69, 9.17) is 5.11 Å². The molecule has 21 heavy (non-hydrogen) atoms. The Morgan fingerprint density at radius 2 is 1.76 bits per heavy atom. The number of amides is 1. The summed E-state index contributed by atoms with van der Waals surface area (Å²) in [5.41, 5.74) is 0. The highest BCUT2D eigenvalue weighted by Crippen LogP contribution is 2.22. The molecule has 2 fully saturated rings. The molecule has 2 aliphatic heterocycles. The number of carbonyl (C=O) groups is 2. The minimum absolute atomic E-state index is 0.141. The van der Waals surface area contributed by atoms with Crippen molar-refractivity contribution < 1.29 is 23.1 Å². The number of hydrogen-bond donors (Lipinski definition) is 1. The number of hydrogen-bond acceptors (Lipinski definition) is 4. The maximum atomic E-state index is 12.6. The van der Waals surface area contributed by atoms with E-state index in [1.807, 2.05) is 0 Å². The van der Waals surface area contributed by atoms with E-state index in [1.54, 1.807) is 7.05 Å². The zero-order valence-corrected chi connectivity index (χ0v) is 12.9. The number of carbonyl (C=O) groups excluding carboxylic acids is 1. The normalized spacial score (nSPS) is 24.0. The Kier molecular flexibility index (Phi) is 4.84. The average molecular weight is 319 g/mol. The molecule has 0 aromatic rings. The number of likely N-dealkylation sites (N-methyl/N-ethyl adjacent to an activating group) is 1. The first-order chi connectivity index (χ1) is 9.82. The van der Waals surface area contributed by atoms with Crippen molar-refractivity contribution in [1.82, 2.24) is 13.5 Å². The lowest BCUT2D eigenvalue weighted by Crippen LogP contribution is -2.49. The zero-order valence-electron chi connectivity index (χ0n) is 12.1. The summed E-state index contributed by atoms with van der Waals surface area (Å²) < 4.78 is 27.6. The van der Waals surface area contributed by atoms with Crippen LogP contribution in [-0.2, 0) is 19.8 Å². The lowest BCUT2D eigenvalue weighted by atomic mass is 9.99. The fourth-order valence-corrected chi connectivity index (χ4v) is 4.29. The van der Waals surface area contributed by atoms with E-state index in [2.05, 4.69) is 0 Å². The first-order valence-electron chi connectivity index (χ1n) is 7.04. The molecule has 0 unspecified atom stereocenters. The molecule has 0 aromatic carbocycles. The fourth-order valence-electron chi connectivity index (χ4n) is 2.65. The van der Waals surface area contributed by atoms with Crippen molar-refractivity contribution in [3.05, 3.63) is 0 Å². The fraction of sp³-hybridized carbons (Fsp3) is 0.833. The monoisotopic (exact) mass is 319 g/mol. The molecular formula is C12H21N3O5S. The Bertz CT molecular complexity index is 513. The number of nitrogens with zero attached hydrogens (tertiary/aromatic N) is 3. The quantitative estimate of drug-likeness (QED) is 0.734. The van der Waals surface area contributed by atoms with Crippen LogP contribution in [0.1, 0.15) is 19.3 Å². The lowest BCUT2D eigenvalue weighted by molar-refractivity contribution is -0.143. The molecule has 8 nitrogen and oxygen atoms in total. The maximum absolute atomic E-state index is 12.6. The molecule has 2 aliphatic rings. The van der Waals surface area contributed by atoms with Crippen LogP contribution in [-0.4, -0.2) is 78.7 Å². The van der Waals surface area contributed by atoms with Crippen LogP contribution in [0.4, 0.5) is 0 Å². The van der Waals surface area contributed by atoms with Gasteiger partial charge in [0.05, 0.1) is 12.5 Å². The largest absolute Gasteiger partial charge is 0.481 e. The Labute approximate surface area is 124 Å². The highest BCUT2D eigenvalue weighted by Gasteiger charge is 2.36. The van der Waals surface area contributed by atoms with E-state index in [1.165, 1.54) is 13.5 Å². The smallest absolute Gasteiger partial charge is 0.306 e. The third-order valence-electron chi connectivity index (χ3n) is 4.09. The number of aliphatic carboxylic acids is 1.